The highest BCUT2D eigenvalue weighted by Gasteiger charge is 2.10. The van der Waals surface area contributed by atoms with Gasteiger partial charge in [0, 0.05) is 5.56 Å². The Kier molecular flexibility index (Phi) is 4.19. The van der Waals surface area contributed by atoms with Gasteiger partial charge in [0.2, 0.25) is 10.0 Å². The lowest BCUT2D eigenvalue weighted by Gasteiger charge is -2.10. The molecule has 2 aromatic rings. The molecule has 100 valence electrons. The molecule has 0 unspecified atom stereocenters. The van der Waals surface area contributed by atoms with Crippen molar-refractivity contribution in [1.29, 1.82) is 0 Å². The van der Waals surface area contributed by atoms with Crippen molar-refractivity contribution >= 4 is 10.0 Å². The first-order valence-corrected chi connectivity index (χ1v) is 7.51. The quantitative estimate of drug-likeness (QED) is 0.909. The second-order valence-electron chi connectivity index (χ2n) is 4.19. The minimum atomic E-state index is -3.56. The molecule has 0 aliphatic heterocycles. The summed E-state index contributed by atoms with van der Waals surface area (Å²) in [6.45, 7) is 0.391. The van der Waals surface area contributed by atoms with Gasteiger partial charge < -0.3 is 4.74 Å². The van der Waals surface area contributed by atoms with Crippen molar-refractivity contribution in [1.82, 2.24) is 0 Å². The van der Waals surface area contributed by atoms with Crippen LogP contribution in [0.3, 0.4) is 0 Å². The van der Waals surface area contributed by atoms with Crippen LogP contribution in [0.25, 0.3) is 0 Å². The number of ether oxygens (including phenoxy) is 1. The SMILES string of the molecule is NS(=O)(=O)Cc1ccccc1OCc1ccccc1. The topological polar surface area (TPSA) is 69.4 Å². The predicted octanol–water partition coefficient (Wildman–Crippen LogP) is 2.05. The zero-order valence-electron chi connectivity index (χ0n) is 10.3. The standard InChI is InChI=1S/C14H15NO3S/c15-19(16,17)11-13-8-4-5-9-14(13)18-10-12-6-2-1-3-7-12/h1-9H,10-11H2,(H2,15,16,17). The molecule has 0 fully saturated rings. The predicted molar refractivity (Wildman–Crippen MR) is 74.0 cm³/mol. The van der Waals surface area contributed by atoms with Crippen molar-refractivity contribution in [2.24, 2.45) is 5.14 Å². The summed E-state index contributed by atoms with van der Waals surface area (Å²) in [5, 5.41) is 5.06. The summed E-state index contributed by atoms with van der Waals surface area (Å²) in [6, 6.07) is 16.7. The van der Waals surface area contributed by atoms with Gasteiger partial charge in [0.25, 0.3) is 0 Å². The molecule has 0 saturated carbocycles. The third-order valence-electron chi connectivity index (χ3n) is 2.57. The fourth-order valence-corrected chi connectivity index (χ4v) is 2.39. The lowest BCUT2D eigenvalue weighted by molar-refractivity contribution is 0.303. The number of sulfonamides is 1. The number of hydrogen-bond donors (Lipinski definition) is 1. The van der Waals surface area contributed by atoms with E-state index in [0.717, 1.165) is 5.56 Å². The Bertz CT molecular complexity index is 639. The van der Waals surface area contributed by atoms with Gasteiger partial charge in [0.15, 0.2) is 0 Å². The van der Waals surface area contributed by atoms with E-state index in [4.69, 9.17) is 9.88 Å². The summed E-state index contributed by atoms with van der Waals surface area (Å²) in [4.78, 5) is 0. The van der Waals surface area contributed by atoms with Gasteiger partial charge in [-0.2, -0.15) is 0 Å². The van der Waals surface area contributed by atoms with Crippen LogP contribution in [0.4, 0.5) is 0 Å². The fraction of sp³-hybridized carbons (Fsp3) is 0.143. The Labute approximate surface area is 112 Å². The summed E-state index contributed by atoms with van der Waals surface area (Å²) in [5.74, 6) is 0.318. The summed E-state index contributed by atoms with van der Waals surface area (Å²) in [7, 11) is -3.56. The maximum absolute atomic E-state index is 11.1. The van der Waals surface area contributed by atoms with Crippen molar-refractivity contribution < 1.29 is 13.2 Å². The van der Waals surface area contributed by atoms with E-state index < -0.39 is 10.0 Å². The smallest absolute Gasteiger partial charge is 0.213 e. The number of nitrogens with two attached hydrogens (primary N) is 1. The van der Waals surface area contributed by atoms with Gasteiger partial charge in [-0.25, -0.2) is 13.6 Å². The van der Waals surface area contributed by atoms with Crippen LogP contribution in [0.1, 0.15) is 11.1 Å². The van der Waals surface area contributed by atoms with Crippen molar-refractivity contribution in [2.45, 2.75) is 12.4 Å². The summed E-state index contributed by atoms with van der Waals surface area (Å²) in [6.07, 6.45) is 0. The summed E-state index contributed by atoms with van der Waals surface area (Å²) < 4.78 is 27.9. The van der Waals surface area contributed by atoms with Gasteiger partial charge in [-0.1, -0.05) is 48.5 Å². The molecule has 0 amide bonds. The van der Waals surface area contributed by atoms with E-state index >= 15 is 0 Å². The number of benzene rings is 2. The van der Waals surface area contributed by atoms with Gasteiger partial charge >= 0.3 is 0 Å². The minimum absolute atomic E-state index is 0.224. The van der Waals surface area contributed by atoms with E-state index in [1.165, 1.54) is 0 Å². The average molecular weight is 277 g/mol. The average Bonchev–Trinajstić information content (AvgIpc) is 2.37. The van der Waals surface area contributed by atoms with Crippen molar-refractivity contribution in [3.05, 3.63) is 65.7 Å². The lowest BCUT2D eigenvalue weighted by atomic mass is 10.2. The molecule has 0 radical (unpaired) electrons. The lowest BCUT2D eigenvalue weighted by Crippen LogP contribution is -2.15. The Balaban J connectivity index is 2.12. The third-order valence-corrected chi connectivity index (χ3v) is 3.28. The molecule has 0 aromatic heterocycles. The molecule has 0 bridgehead atoms. The summed E-state index contributed by atoms with van der Waals surface area (Å²) in [5.41, 5.74) is 1.59. The van der Waals surface area contributed by atoms with Crippen LogP contribution < -0.4 is 9.88 Å². The molecular weight excluding hydrogens is 262 g/mol. The van der Waals surface area contributed by atoms with E-state index in [1.807, 2.05) is 30.3 Å². The minimum Gasteiger partial charge on any atom is -0.489 e. The second-order valence-corrected chi connectivity index (χ2v) is 5.80. The van der Waals surface area contributed by atoms with E-state index in [9.17, 15) is 8.42 Å². The maximum atomic E-state index is 11.1. The molecule has 0 heterocycles. The van der Waals surface area contributed by atoms with Gasteiger partial charge in [-0.05, 0) is 11.6 Å². The molecule has 2 rings (SSSR count). The molecular formula is C14H15NO3S. The van der Waals surface area contributed by atoms with E-state index in [2.05, 4.69) is 0 Å². The van der Waals surface area contributed by atoms with Gasteiger partial charge in [0.05, 0.1) is 5.75 Å². The number of hydrogen-bond acceptors (Lipinski definition) is 3. The Morgan fingerprint density at radius 1 is 0.947 bits per heavy atom. The number of rotatable bonds is 5. The van der Waals surface area contributed by atoms with Gasteiger partial charge in [-0.15, -0.1) is 0 Å². The highest BCUT2D eigenvalue weighted by Crippen LogP contribution is 2.20. The third kappa shape index (κ3) is 4.39. The Morgan fingerprint density at radius 3 is 2.26 bits per heavy atom. The molecule has 0 atom stereocenters. The summed E-state index contributed by atoms with van der Waals surface area (Å²) >= 11 is 0. The highest BCUT2D eigenvalue weighted by molar-refractivity contribution is 7.88. The molecule has 0 saturated heterocycles. The van der Waals surface area contributed by atoms with E-state index in [1.54, 1.807) is 24.3 Å². The fourth-order valence-electron chi connectivity index (χ4n) is 1.72. The van der Waals surface area contributed by atoms with Crippen molar-refractivity contribution in [2.75, 3.05) is 0 Å². The monoisotopic (exact) mass is 277 g/mol. The van der Waals surface area contributed by atoms with Crippen molar-refractivity contribution in [3.8, 4) is 5.75 Å². The van der Waals surface area contributed by atoms with Crippen molar-refractivity contribution in [3.63, 3.8) is 0 Å². The van der Waals surface area contributed by atoms with Crippen LogP contribution in [0, 0.1) is 0 Å². The van der Waals surface area contributed by atoms with Crippen LogP contribution in [0.2, 0.25) is 0 Å². The Morgan fingerprint density at radius 2 is 1.58 bits per heavy atom. The molecule has 0 aliphatic carbocycles. The molecule has 2 aromatic carbocycles. The maximum Gasteiger partial charge on any atom is 0.213 e. The Hall–Kier alpha value is -1.85. The van der Waals surface area contributed by atoms with Crippen LogP contribution in [0.5, 0.6) is 5.75 Å². The van der Waals surface area contributed by atoms with Crippen LogP contribution in [0.15, 0.2) is 54.6 Å². The zero-order chi connectivity index (χ0) is 13.7. The molecule has 5 heteroatoms. The normalized spacial score (nSPS) is 11.2. The number of primary sulfonamides is 1. The first-order chi connectivity index (χ1) is 9.04. The van der Waals surface area contributed by atoms with Crippen LogP contribution >= 0.6 is 0 Å². The van der Waals surface area contributed by atoms with Crippen LogP contribution in [-0.4, -0.2) is 8.42 Å². The van der Waals surface area contributed by atoms with Gasteiger partial charge in [-0.3, -0.25) is 0 Å². The first kappa shape index (κ1) is 13.6. The highest BCUT2D eigenvalue weighted by atomic mass is 32.2. The molecule has 2 N–H and O–H groups in total. The zero-order valence-corrected chi connectivity index (χ0v) is 11.1. The first-order valence-electron chi connectivity index (χ1n) is 5.80. The van der Waals surface area contributed by atoms with Gasteiger partial charge in [0.1, 0.15) is 12.4 Å². The molecule has 19 heavy (non-hydrogen) atoms. The van der Waals surface area contributed by atoms with E-state index in [-0.39, 0.29) is 5.75 Å². The van der Waals surface area contributed by atoms with Crippen LogP contribution in [-0.2, 0) is 22.4 Å². The number of para-hydroxylation sites is 1. The molecule has 4 nitrogen and oxygen atoms in total. The second kappa shape index (κ2) is 5.86. The van der Waals surface area contributed by atoms with E-state index in [0.29, 0.717) is 17.9 Å². The largest absolute Gasteiger partial charge is 0.489 e. The molecule has 0 aliphatic rings. The molecule has 0 spiro atoms.